The summed E-state index contributed by atoms with van der Waals surface area (Å²) in [5.74, 6) is -0.833. The normalized spacial score (nSPS) is 18.4. The molecule has 0 spiro atoms. The molecule has 1 aliphatic carbocycles. The van der Waals surface area contributed by atoms with Crippen LogP contribution in [0.4, 0.5) is 0 Å². The number of hydrogen-bond acceptors (Lipinski definition) is 2. The number of carboxylic acids is 1. The zero-order valence-electron chi connectivity index (χ0n) is 6.92. The molecule has 1 N–H and O–H groups in total. The molecule has 0 bridgehead atoms. The predicted octanol–water partition coefficient (Wildman–Crippen LogP) is 2.34. The Kier molecular flexibility index (Phi) is 6.42. The van der Waals surface area contributed by atoms with Crippen LogP contribution in [0.2, 0.25) is 0 Å². The Labute approximate surface area is 73.4 Å². The van der Waals surface area contributed by atoms with Crippen molar-refractivity contribution < 1.29 is 9.90 Å². The SMILES string of the molecule is CC(=O)O.SC1CCCCC1. The van der Waals surface area contributed by atoms with Crippen LogP contribution in [0.25, 0.3) is 0 Å². The first kappa shape index (κ1) is 10.8. The number of carbonyl (C=O) groups is 1. The molecule has 1 saturated carbocycles. The molecule has 0 aliphatic heterocycles. The summed E-state index contributed by atoms with van der Waals surface area (Å²) in [6.45, 7) is 1.08. The Hall–Kier alpha value is -0.180. The predicted molar refractivity (Wildman–Crippen MR) is 49.2 cm³/mol. The van der Waals surface area contributed by atoms with Gasteiger partial charge in [0, 0.05) is 12.2 Å². The van der Waals surface area contributed by atoms with Crippen molar-refractivity contribution in [3.05, 3.63) is 0 Å². The van der Waals surface area contributed by atoms with Crippen molar-refractivity contribution in [3.8, 4) is 0 Å². The molecule has 1 rings (SSSR count). The van der Waals surface area contributed by atoms with E-state index in [0.717, 1.165) is 12.2 Å². The van der Waals surface area contributed by atoms with Gasteiger partial charge in [0.25, 0.3) is 5.97 Å². The zero-order valence-corrected chi connectivity index (χ0v) is 7.81. The summed E-state index contributed by atoms with van der Waals surface area (Å²) in [5.41, 5.74) is 0. The van der Waals surface area contributed by atoms with Crippen molar-refractivity contribution in [2.75, 3.05) is 0 Å². The molecule has 0 amide bonds. The third-order valence-corrected chi connectivity index (χ3v) is 2.09. The Morgan fingerprint density at radius 1 is 1.36 bits per heavy atom. The van der Waals surface area contributed by atoms with E-state index in [1.807, 2.05) is 0 Å². The van der Waals surface area contributed by atoms with E-state index in [4.69, 9.17) is 9.90 Å². The van der Waals surface area contributed by atoms with Gasteiger partial charge in [0.05, 0.1) is 0 Å². The molecule has 1 fully saturated rings. The maximum absolute atomic E-state index is 9.00. The van der Waals surface area contributed by atoms with Crippen LogP contribution < -0.4 is 0 Å². The minimum absolute atomic E-state index is 0.730. The number of carboxylic acid groups (broad SMARTS) is 1. The van der Waals surface area contributed by atoms with Crippen molar-refractivity contribution in [2.24, 2.45) is 0 Å². The second-order valence-corrected chi connectivity index (χ2v) is 3.54. The van der Waals surface area contributed by atoms with Crippen LogP contribution in [-0.2, 0) is 4.79 Å². The highest BCUT2D eigenvalue weighted by Crippen LogP contribution is 2.20. The summed E-state index contributed by atoms with van der Waals surface area (Å²) in [5, 5.41) is 8.15. The highest BCUT2D eigenvalue weighted by Gasteiger charge is 2.06. The lowest BCUT2D eigenvalue weighted by Gasteiger charge is -2.14. The van der Waals surface area contributed by atoms with Crippen LogP contribution in [0, 0.1) is 0 Å². The highest BCUT2D eigenvalue weighted by molar-refractivity contribution is 7.80. The van der Waals surface area contributed by atoms with Crippen molar-refractivity contribution in [1.29, 1.82) is 0 Å². The third kappa shape index (κ3) is 9.82. The van der Waals surface area contributed by atoms with Gasteiger partial charge in [-0.15, -0.1) is 0 Å². The van der Waals surface area contributed by atoms with Crippen molar-refractivity contribution in [2.45, 2.75) is 44.3 Å². The molecule has 0 aromatic heterocycles. The van der Waals surface area contributed by atoms with Crippen molar-refractivity contribution in [1.82, 2.24) is 0 Å². The van der Waals surface area contributed by atoms with E-state index in [-0.39, 0.29) is 0 Å². The lowest BCUT2D eigenvalue weighted by molar-refractivity contribution is -0.134. The summed E-state index contributed by atoms with van der Waals surface area (Å²) < 4.78 is 0. The van der Waals surface area contributed by atoms with Crippen molar-refractivity contribution in [3.63, 3.8) is 0 Å². The molecule has 1 aliphatic rings. The largest absolute Gasteiger partial charge is 0.481 e. The van der Waals surface area contributed by atoms with Gasteiger partial charge in [-0.2, -0.15) is 12.6 Å². The van der Waals surface area contributed by atoms with Gasteiger partial charge < -0.3 is 5.11 Å². The molecule has 0 aromatic carbocycles. The van der Waals surface area contributed by atoms with E-state index in [9.17, 15) is 0 Å². The molecular weight excluding hydrogens is 160 g/mol. The van der Waals surface area contributed by atoms with E-state index < -0.39 is 5.97 Å². The van der Waals surface area contributed by atoms with Gasteiger partial charge in [0.1, 0.15) is 0 Å². The molecule has 0 radical (unpaired) electrons. The number of rotatable bonds is 0. The second kappa shape index (κ2) is 6.53. The van der Waals surface area contributed by atoms with Crippen LogP contribution in [0.5, 0.6) is 0 Å². The molecule has 66 valence electrons. The molecule has 11 heavy (non-hydrogen) atoms. The standard InChI is InChI=1S/C6H12S.C2H4O2/c7-6-4-2-1-3-5-6;1-2(3)4/h6-7H,1-5H2;1H3,(H,3,4). The fourth-order valence-corrected chi connectivity index (χ4v) is 1.45. The topological polar surface area (TPSA) is 37.3 Å². The molecule has 3 heteroatoms. The molecule has 0 heterocycles. The van der Waals surface area contributed by atoms with Crippen LogP contribution in [0.1, 0.15) is 39.0 Å². The first-order valence-electron chi connectivity index (χ1n) is 4.00. The lowest BCUT2D eigenvalue weighted by atomic mass is 10.0. The van der Waals surface area contributed by atoms with Gasteiger partial charge in [-0.25, -0.2) is 0 Å². The molecule has 0 atom stereocenters. The number of thiol groups is 1. The van der Waals surface area contributed by atoms with Gasteiger partial charge in [-0.1, -0.05) is 19.3 Å². The van der Waals surface area contributed by atoms with Crippen LogP contribution in [0.15, 0.2) is 0 Å². The summed E-state index contributed by atoms with van der Waals surface area (Å²) in [6, 6.07) is 0. The van der Waals surface area contributed by atoms with Crippen LogP contribution in [0.3, 0.4) is 0 Å². The maximum atomic E-state index is 9.00. The minimum atomic E-state index is -0.833. The van der Waals surface area contributed by atoms with Gasteiger partial charge in [-0.05, 0) is 12.8 Å². The van der Waals surface area contributed by atoms with E-state index in [0.29, 0.717) is 0 Å². The Morgan fingerprint density at radius 2 is 1.73 bits per heavy atom. The molecular formula is C8H16O2S. The monoisotopic (exact) mass is 176 g/mol. The first-order valence-corrected chi connectivity index (χ1v) is 4.52. The van der Waals surface area contributed by atoms with E-state index in [2.05, 4.69) is 12.6 Å². The highest BCUT2D eigenvalue weighted by atomic mass is 32.1. The average molecular weight is 176 g/mol. The van der Waals surface area contributed by atoms with Gasteiger partial charge >= 0.3 is 0 Å². The summed E-state index contributed by atoms with van der Waals surface area (Å²) in [7, 11) is 0. The zero-order chi connectivity index (χ0) is 8.69. The van der Waals surface area contributed by atoms with Gasteiger partial charge in [0.2, 0.25) is 0 Å². The fourth-order valence-electron chi connectivity index (χ4n) is 1.08. The molecule has 0 saturated heterocycles. The van der Waals surface area contributed by atoms with E-state index >= 15 is 0 Å². The fraction of sp³-hybridized carbons (Fsp3) is 0.875. The Bertz CT molecular complexity index is 105. The quantitative estimate of drug-likeness (QED) is 0.556. The number of hydrogen-bond donors (Lipinski definition) is 2. The van der Waals surface area contributed by atoms with Gasteiger partial charge in [-0.3, -0.25) is 4.79 Å². The Balaban J connectivity index is 0.000000218. The molecule has 0 aromatic rings. The van der Waals surface area contributed by atoms with E-state index in [1.54, 1.807) is 0 Å². The third-order valence-electron chi connectivity index (χ3n) is 1.57. The maximum Gasteiger partial charge on any atom is 0.300 e. The average Bonchev–Trinajstić information content (AvgIpc) is 1.87. The second-order valence-electron chi connectivity index (χ2n) is 2.81. The van der Waals surface area contributed by atoms with Gasteiger partial charge in [0.15, 0.2) is 0 Å². The lowest BCUT2D eigenvalue weighted by Crippen LogP contribution is -2.03. The summed E-state index contributed by atoms with van der Waals surface area (Å²) in [6.07, 6.45) is 6.96. The first-order chi connectivity index (χ1) is 5.13. The molecule has 0 unspecified atom stereocenters. The van der Waals surface area contributed by atoms with Crippen LogP contribution >= 0.6 is 12.6 Å². The minimum Gasteiger partial charge on any atom is -0.481 e. The summed E-state index contributed by atoms with van der Waals surface area (Å²) in [4.78, 5) is 9.00. The van der Waals surface area contributed by atoms with Crippen molar-refractivity contribution >= 4 is 18.6 Å². The van der Waals surface area contributed by atoms with Crippen LogP contribution in [-0.4, -0.2) is 16.3 Å². The smallest absolute Gasteiger partial charge is 0.300 e. The van der Waals surface area contributed by atoms with E-state index in [1.165, 1.54) is 32.1 Å². The molecule has 2 nitrogen and oxygen atoms in total. The Morgan fingerprint density at radius 3 is 1.91 bits per heavy atom. The summed E-state index contributed by atoms with van der Waals surface area (Å²) >= 11 is 4.36. The number of aliphatic carboxylic acids is 1.